The average molecular weight is 251 g/mol. The van der Waals surface area contributed by atoms with E-state index in [0.717, 1.165) is 25.9 Å². The minimum Gasteiger partial charge on any atom is -0.298 e. The summed E-state index contributed by atoms with van der Waals surface area (Å²) in [5, 5.41) is 0. The molecule has 1 aliphatic heterocycles. The largest absolute Gasteiger partial charge is 0.298 e. The summed E-state index contributed by atoms with van der Waals surface area (Å²) in [6, 6.07) is 8.50. The Kier molecular flexibility index (Phi) is 3.64. The highest BCUT2D eigenvalue weighted by atomic mass is 32.2. The molecule has 1 saturated heterocycles. The van der Waals surface area contributed by atoms with Gasteiger partial charge >= 0.3 is 0 Å². The van der Waals surface area contributed by atoms with Crippen LogP contribution in [0.3, 0.4) is 0 Å². The summed E-state index contributed by atoms with van der Waals surface area (Å²) in [5.41, 5.74) is 0. The third-order valence-electron chi connectivity index (χ3n) is 3.03. The van der Waals surface area contributed by atoms with Gasteiger partial charge in [0.25, 0.3) is 0 Å². The van der Waals surface area contributed by atoms with Crippen LogP contribution in [0.1, 0.15) is 12.8 Å². The van der Waals surface area contributed by atoms with E-state index in [4.69, 9.17) is 0 Å². The van der Waals surface area contributed by atoms with Crippen molar-refractivity contribution in [1.82, 2.24) is 4.90 Å². The molecule has 17 heavy (non-hydrogen) atoms. The second-order valence-corrected chi connectivity index (χ2v) is 6.39. The fourth-order valence-electron chi connectivity index (χ4n) is 2.04. The highest BCUT2D eigenvalue weighted by Gasteiger charge is 2.22. The van der Waals surface area contributed by atoms with Crippen molar-refractivity contribution >= 4 is 9.84 Å². The zero-order valence-corrected chi connectivity index (χ0v) is 10.6. The monoisotopic (exact) mass is 251 g/mol. The minimum atomic E-state index is -3.36. The molecule has 0 unspecified atom stereocenters. The molecule has 4 heteroatoms. The third kappa shape index (κ3) is 2.76. The van der Waals surface area contributed by atoms with Crippen LogP contribution in [0.4, 0.5) is 0 Å². The molecule has 0 spiro atoms. The first-order valence-electron chi connectivity index (χ1n) is 5.81. The van der Waals surface area contributed by atoms with Crippen LogP contribution in [-0.2, 0) is 9.84 Å². The first kappa shape index (κ1) is 12.3. The van der Waals surface area contributed by atoms with Gasteiger partial charge in [-0.3, -0.25) is 4.90 Å². The predicted octanol–water partition coefficient (Wildman–Crippen LogP) is 2.07. The van der Waals surface area contributed by atoms with Gasteiger partial charge in [0, 0.05) is 6.54 Å². The quantitative estimate of drug-likeness (QED) is 0.822. The maximum atomic E-state index is 12.2. The van der Waals surface area contributed by atoms with E-state index in [2.05, 4.69) is 11.5 Å². The van der Waals surface area contributed by atoms with Crippen molar-refractivity contribution in [2.45, 2.75) is 17.7 Å². The number of nitrogens with zero attached hydrogens (tertiary/aromatic N) is 1. The Balaban J connectivity index is 2.13. The lowest BCUT2D eigenvalue weighted by Crippen LogP contribution is -2.24. The number of sulfone groups is 1. The van der Waals surface area contributed by atoms with Crippen LogP contribution in [0.15, 0.2) is 46.7 Å². The van der Waals surface area contributed by atoms with Crippen molar-refractivity contribution in [2.24, 2.45) is 0 Å². The van der Waals surface area contributed by atoms with Crippen molar-refractivity contribution in [3.8, 4) is 0 Å². The molecule has 1 aromatic rings. The lowest BCUT2D eigenvalue weighted by Gasteiger charge is -2.16. The number of hydrogen-bond acceptors (Lipinski definition) is 3. The standard InChI is InChI=1S/C13H17NO2S/c1-12(11-14-9-5-6-10-14)17(15,16)13-7-3-2-4-8-13/h2-4,7-8H,1,5-6,9-11H2. The predicted molar refractivity (Wildman–Crippen MR) is 68.4 cm³/mol. The molecule has 0 saturated carbocycles. The van der Waals surface area contributed by atoms with Crippen LogP contribution in [0.5, 0.6) is 0 Å². The van der Waals surface area contributed by atoms with Gasteiger partial charge < -0.3 is 0 Å². The van der Waals surface area contributed by atoms with Gasteiger partial charge in [0.05, 0.1) is 9.80 Å². The first-order valence-corrected chi connectivity index (χ1v) is 7.29. The molecule has 92 valence electrons. The maximum Gasteiger partial charge on any atom is 0.203 e. The van der Waals surface area contributed by atoms with Crippen molar-refractivity contribution in [1.29, 1.82) is 0 Å². The van der Waals surface area contributed by atoms with Crippen molar-refractivity contribution in [3.05, 3.63) is 41.8 Å². The zero-order chi connectivity index (χ0) is 12.3. The molecule has 1 aromatic carbocycles. The number of likely N-dealkylation sites (tertiary alicyclic amines) is 1. The summed E-state index contributed by atoms with van der Waals surface area (Å²) in [7, 11) is -3.36. The van der Waals surface area contributed by atoms with Crippen LogP contribution in [0.25, 0.3) is 0 Å². The zero-order valence-electron chi connectivity index (χ0n) is 9.80. The number of rotatable bonds is 4. The second kappa shape index (κ2) is 5.02. The molecule has 1 heterocycles. The van der Waals surface area contributed by atoms with Gasteiger partial charge in [-0.05, 0) is 38.1 Å². The molecular weight excluding hydrogens is 234 g/mol. The highest BCUT2D eigenvalue weighted by Crippen LogP contribution is 2.19. The topological polar surface area (TPSA) is 37.4 Å². The molecule has 0 radical (unpaired) electrons. The van der Waals surface area contributed by atoms with E-state index < -0.39 is 9.84 Å². The van der Waals surface area contributed by atoms with Gasteiger partial charge in [-0.2, -0.15) is 0 Å². The molecule has 0 aromatic heterocycles. The van der Waals surface area contributed by atoms with Gasteiger partial charge in [0.15, 0.2) is 0 Å². The normalized spacial score (nSPS) is 17.2. The van der Waals surface area contributed by atoms with Crippen LogP contribution < -0.4 is 0 Å². The van der Waals surface area contributed by atoms with E-state index in [0.29, 0.717) is 16.3 Å². The van der Waals surface area contributed by atoms with Gasteiger partial charge in [0.1, 0.15) is 0 Å². The van der Waals surface area contributed by atoms with E-state index in [-0.39, 0.29) is 0 Å². The lowest BCUT2D eigenvalue weighted by molar-refractivity contribution is 0.373. The summed E-state index contributed by atoms with van der Waals surface area (Å²) in [4.78, 5) is 2.78. The first-order chi connectivity index (χ1) is 8.10. The SMILES string of the molecule is C=C(CN1CCCC1)S(=O)(=O)c1ccccc1. The molecule has 0 aliphatic carbocycles. The Morgan fingerprint density at radius 1 is 1.18 bits per heavy atom. The number of benzene rings is 1. The van der Waals surface area contributed by atoms with Gasteiger partial charge in [0.2, 0.25) is 9.84 Å². The second-order valence-electron chi connectivity index (χ2n) is 4.34. The van der Waals surface area contributed by atoms with Crippen LogP contribution in [0, 0.1) is 0 Å². The van der Waals surface area contributed by atoms with Crippen LogP contribution >= 0.6 is 0 Å². The summed E-state index contributed by atoms with van der Waals surface area (Å²) in [5.74, 6) is 0. The van der Waals surface area contributed by atoms with Crippen molar-refractivity contribution < 1.29 is 8.42 Å². The summed E-state index contributed by atoms with van der Waals surface area (Å²) in [6.45, 7) is 6.14. The van der Waals surface area contributed by atoms with Gasteiger partial charge in [-0.1, -0.05) is 24.8 Å². The molecular formula is C13H17NO2S. The molecule has 1 fully saturated rings. The smallest absolute Gasteiger partial charge is 0.203 e. The molecule has 1 aliphatic rings. The average Bonchev–Trinajstić information content (AvgIpc) is 2.83. The van der Waals surface area contributed by atoms with Crippen LogP contribution in [0.2, 0.25) is 0 Å². The van der Waals surface area contributed by atoms with E-state index >= 15 is 0 Å². The molecule has 0 amide bonds. The van der Waals surface area contributed by atoms with E-state index in [1.54, 1.807) is 24.3 Å². The van der Waals surface area contributed by atoms with Crippen molar-refractivity contribution in [3.63, 3.8) is 0 Å². The Morgan fingerprint density at radius 2 is 1.76 bits per heavy atom. The molecule has 3 nitrogen and oxygen atoms in total. The third-order valence-corrected chi connectivity index (χ3v) is 4.81. The van der Waals surface area contributed by atoms with E-state index in [1.807, 2.05) is 6.07 Å². The summed E-state index contributed by atoms with van der Waals surface area (Å²) < 4.78 is 24.4. The Morgan fingerprint density at radius 3 is 2.35 bits per heavy atom. The molecule has 0 atom stereocenters. The maximum absolute atomic E-state index is 12.2. The fraction of sp³-hybridized carbons (Fsp3) is 0.385. The van der Waals surface area contributed by atoms with Gasteiger partial charge in [-0.25, -0.2) is 8.42 Å². The van der Waals surface area contributed by atoms with Crippen LogP contribution in [-0.4, -0.2) is 33.0 Å². The van der Waals surface area contributed by atoms with Crippen molar-refractivity contribution in [2.75, 3.05) is 19.6 Å². The molecule has 0 bridgehead atoms. The molecule has 2 rings (SSSR count). The van der Waals surface area contributed by atoms with Gasteiger partial charge in [-0.15, -0.1) is 0 Å². The Bertz CT molecular complexity index is 487. The Labute approximate surface area is 103 Å². The summed E-state index contributed by atoms with van der Waals surface area (Å²) >= 11 is 0. The van der Waals surface area contributed by atoms with E-state index in [9.17, 15) is 8.42 Å². The fourth-order valence-corrected chi connectivity index (χ4v) is 3.24. The summed E-state index contributed by atoms with van der Waals surface area (Å²) in [6.07, 6.45) is 2.30. The molecule has 0 N–H and O–H groups in total. The minimum absolute atomic E-state index is 0.297. The number of hydrogen-bond donors (Lipinski definition) is 0. The van der Waals surface area contributed by atoms with E-state index in [1.165, 1.54) is 0 Å². The highest BCUT2D eigenvalue weighted by molar-refractivity contribution is 7.95. The Hall–Kier alpha value is -1.13. The lowest BCUT2D eigenvalue weighted by atomic mass is 10.4.